The quantitative estimate of drug-likeness (QED) is 0.766. The molecule has 1 aliphatic heterocycles. The summed E-state index contributed by atoms with van der Waals surface area (Å²) in [7, 11) is 1.73. The van der Waals surface area contributed by atoms with E-state index in [0.717, 1.165) is 16.7 Å². The number of imide groups is 1. The molecule has 0 unspecified atom stereocenters. The average Bonchev–Trinajstić information content (AvgIpc) is 2.92. The number of likely N-dealkylation sites (N-methyl/N-ethyl adjacent to an activating group) is 1. The summed E-state index contributed by atoms with van der Waals surface area (Å²) in [5.41, 5.74) is 3.64. The molecule has 2 aromatic carbocycles. The number of nitrogens with zero attached hydrogens (tertiary/aromatic N) is 2. The van der Waals surface area contributed by atoms with Crippen LogP contribution in [0, 0.1) is 6.92 Å². The average molecular weight is 364 g/mol. The fourth-order valence-corrected chi connectivity index (χ4v) is 3.25. The van der Waals surface area contributed by atoms with Gasteiger partial charge in [0.05, 0.1) is 12.2 Å². The molecule has 2 amide bonds. The lowest BCUT2D eigenvalue weighted by Crippen LogP contribution is -2.36. The van der Waals surface area contributed by atoms with E-state index in [1.165, 1.54) is 4.90 Å². The summed E-state index contributed by atoms with van der Waals surface area (Å²) in [6.07, 6.45) is 0.608. The zero-order valence-electron chi connectivity index (χ0n) is 15.7. The summed E-state index contributed by atoms with van der Waals surface area (Å²) in [4.78, 5) is 29.1. The molecule has 27 heavy (non-hydrogen) atoms. The van der Waals surface area contributed by atoms with E-state index in [1.54, 1.807) is 11.9 Å². The second kappa shape index (κ2) is 8.18. The van der Waals surface area contributed by atoms with Crippen LogP contribution in [0.1, 0.15) is 16.7 Å². The Hall–Kier alpha value is -2.92. The van der Waals surface area contributed by atoms with E-state index in [-0.39, 0.29) is 25.0 Å². The van der Waals surface area contributed by atoms with Crippen molar-refractivity contribution in [1.82, 2.24) is 9.80 Å². The van der Waals surface area contributed by atoms with Crippen LogP contribution in [-0.2, 0) is 16.0 Å². The SMILES string of the molecule is Cc1ccc(C2=C(N(C)CCO)C(=O)N(CCc3ccccc3)C2=O)cc1. The molecule has 1 N–H and O–H groups in total. The zero-order valence-corrected chi connectivity index (χ0v) is 15.7. The maximum Gasteiger partial charge on any atom is 0.277 e. The smallest absolute Gasteiger partial charge is 0.277 e. The van der Waals surface area contributed by atoms with Crippen molar-refractivity contribution in [2.75, 3.05) is 26.7 Å². The summed E-state index contributed by atoms with van der Waals surface area (Å²) in [5.74, 6) is -0.581. The topological polar surface area (TPSA) is 60.9 Å². The van der Waals surface area contributed by atoms with Crippen LogP contribution in [0.4, 0.5) is 0 Å². The number of amides is 2. The van der Waals surface area contributed by atoms with Crippen LogP contribution in [0.5, 0.6) is 0 Å². The molecule has 0 aliphatic carbocycles. The number of benzene rings is 2. The molecule has 5 heteroatoms. The van der Waals surface area contributed by atoms with Gasteiger partial charge in [-0.05, 0) is 24.5 Å². The molecule has 0 radical (unpaired) electrons. The highest BCUT2D eigenvalue weighted by Gasteiger charge is 2.40. The highest BCUT2D eigenvalue weighted by molar-refractivity contribution is 6.35. The van der Waals surface area contributed by atoms with Gasteiger partial charge in [0.25, 0.3) is 11.8 Å². The van der Waals surface area contributed by atoms with E-state index in [9.17, 15) is 14.7 Å². The maximum atomic E-state index is 13.1. The maximum absolute atomic E-state index is 13.1. The van der Waals surface area contributed by atoms with Gasteiger partial charge in [0.2, 0.25) is 0 Å². The van der Waals surface area contributed by atoms with Crippen molar-refractivity contribution in [2.24, 2.45) is 0 Å². The Morgan fingerprint density at radius 2 is 1.63 bits per heavy atom. The molecule has 140 valence electrons. The fraction of sp³-hybridized carbons (Fsp3) is 0.273. The van der Waals surface area contributed by atoms with Gasteiger partial charge in [0, 0.05) is 20.1 Å². The van der Waals surface area contributed by atoms with Gasteiger partial charge in [-0.25, -0.2) is 0 Å². The number of aliphatic hydroxyl groups is 1. The van der Waals surface area contributed by atoms with Gasteiger partial charge in [-0.1, -0.05) is 60.2 Å². The van der Waals surface area contributed by atoms with Gasteiger partial charge in [-0.2, -0.15) is 0 Å². The summed E-state index contributed by atoms with van der Waals surface area (Å²) in [6.45, 7) is 2.50. The van der Waals surface area contributed by atoms with Gasteiger partial charge in [-0.3, -0.25) is 14.5 Å². The number of aryl methyl sites for hydroxylation is 1. The van der Waals surface area contributed by atoms with Crippen LogP contribution < -0.4 is 0 Å². The first-order chi connectivity index (χ1) is 13.0. The minimum atomic E-state index is -0.303. The Morgan fingerprint density at radius 3 is 2.26 bits per heavy atom. The monoisotopic (exact) mass is 364 g/mol. The van der Waals surface area contributed by atoms with Crippen LogP contribution in [0.15, 0.2) is 60.3 Å². The van der Waals surface area contributed by atoms with Crippen molar-refractivity contribution in [3.05, 3.63) is 77.0 Å². The Bertz CT molecular complexity index is 857. The van der Waals surface area contributed by atoms with E-state index in [1.807, 2.05) is 61.5 Å². The highest BCUT2D eigenvalue weighted by Crippen LogP contribution is 2.31. The second-order valence-corrected chi connectivity index (χ2v) is 6.73. The van der Waals surface area contributed by atoms with Crippen molar-refractivity contribution in [3.8, 4) is 0 Å². The standard InChI is InChI=1S/C22H24N2O3/c1-16-8-10-18(11-9-16)19-20(23(2)14-15-25)22(27)24(21(19)26)13-12-17-6-4-3-5-7-17/h3-11,25H,12-15H2,1-2H3. The first-order valence-corrected chi connectivity index (χ1v) is 9.06. The van der Waals surface area contributed by atoms with Crippen molar-refractivity contribution >= 4 is 17.4 Å². The van der Waals surface area contributed by atoms with Crippen molar-refractivity contribution in [3.63, 3.8) is 0 Å². The number of carbonyl (C=O) groups excluding carboxylic acids is 2. The highest BCUT2D eigenvalue weighted by atomic mass is 16.3. The molecule has 3 rings (SSSR count). The molecule has 5 nitrogen and oxygen atoms in total. The normalized spacial score (nSPS) is 14.3. The minimum absolute atomic E-state index is 0.0906. The van der Waals surface area contributed by atoms with Crippen LogP contribution >= 0.6 is 0 Å². The van der Waals surface area contributed by atoms with Crippen LogP contribution in [-0.4, -0.2) is 53.5 Å². The molecule has 1 aliphatic rings. The molecule has 0 aromatic heterocycles. The third kappa shape index (κ3) is 3.93. The van der Waals surface area contributed by atoms with Crippen LogP contribution in [0.2, 0.25) is 0 Å². The summed E-state index contributed by atoms with van der Waals surface area (Å²) < 4.78 is 0. The molecule has 0 atom stereocenters. The molecule has 0 fully saturated rings. The van der Waals surface area contributed by atoms with Crippen molar-refractivity contribution in [2.45, 2.75) is 13.3 Å². The van der Waals surface area contributed by atoms with E-state index < -0.39 is 0 Å². The Labute approximate surface area is 159 Å². The molecule has 0 spiro atoms. The number of hydrogen-bond acceptors (Lipinski definition) is 4. The molecular weight excluding hydrogens is 340 g/mol. The Morgan fingerprint density at radius 1 is 0.963 bits per heavy atom. The fourth-order valence-electron chi connectivity index (χ4n) is 3.25. The molecule has 0 saturated heterocycles. The summed E-state index contributed by atoms with van der Waals surface area (Å²) in [5, 5.41) is 9.29. The largest absolute Gasteiger partial charge is 0.395 e. The van der Waals surface area contributed by atoms with Gasteiger partial charge < -0.3 is 10.0 Å². The third-order valence-corrected chi connectivity index (χ3v) is 4.77. The van der Waals surface area contributed by atoms with Gasteiger partial charge >= 0.3 is 0 Å². The molecular formula is C22H24N2O3. The zero-order chi connectivity index (χ0) is 19.4. The lowest BCUT2D eigenvalue weighted by Gasteiger charge is -2.20. The lowest BCUT2D eigenvalue weighted by molar-refractivity contribution is -0.137. The number of hydrogen-bond donors (Lipinski definition) is 1. The van der Waals surface area contributed by atoms with Gasteiger partial charge in [-0.15, -0.1) is 0 Å². The molecule has 0 bridgehead atoms. The predicted octanol–water partition coefficient (Wildman–Crippen LogP) is 2.24. The van der Waals surface area contributed by atoms with E-state index in [4.69, 9.17) is 0 Å². The van der Waals surface area contributed by atoms with E-state index >= 15 is 0 Å². The summed E-state index contributed by atoms with van der Waals surface area (Å²) in [6, 6.07) is 17.4. The minimum Gasteiger partial charge on any atom is -0.395 e. The second-order valence-electron chi connectivity index (χ2n) is 6.73. The predicted molar refractivity (Wildman–Crippen MR) is 105 cm³/mol. The number of rotatable bonds is 7. The van der Waals surface area contributed by atoms with E-state index in [0.29, 0.717) is 24.2 Å². The third-order valence-electron chi connectivity index (χ3n) is 4.77. The van der Waals surface area contributed by atoms with Crippen molar-refractivity contribution in [1.29, 1.82) is 0 Å². The van der Waals surface area contributed by atoms with E-state index in [2.05, 4.69) is 0 Å². The molecule has 0 saturated carbocycles. The van der Waals surface area contributed by atoms with Gasteiger partial charge in [0.1, 0.15) is 5.70 Å². The summed E-state index contributed by atoms with van der Waals surface area (Å²) >= 11 is 0. The Kier molecular flexibility index (Phi) is 5.72. The number of carbonyl (C=O) groups is 2. The molecule has 2 aromatic rings. The van der Waals surface area contributed by atoms with Crippen LogP contribution in [0.25, 0.3) is 5.57 Å². The first kappa shape index (κ1) is 18.9. The van der Waals surface area contributed by atoms with Crippen molar-refractivity contribution < 1.29 is 14.7 Å². The van der Waals surface area contributed by atoms with Crippen LogP contribution in [0.3, 0.4) is 0 Å². The molecule has 1 heterocycles. The lowest BCUT2D eigenvalue weighted by atomic mass is 10.0. The van der Waals surface area contributed by atoms with Gasteiger partial charge in [0.15, 0.2) is 0 Å². The number of aliphatic hydroxyl groups excluding tert-OH is 1. The Balaban J connectivity index is 1.92. The first-order valence-electron chi connectivity index (χ1n) is 9.06.